The molecule has 5 nitrogen and oxygen atoms in total. The summed E-state index contributed by atoms with van der Waals surface area (Å²) in [5.41, 5.74) is 3.07. The molecule has 1 aliphatic heterocycles. The molecule has 24 heavy (non-hydrogen) atoms. The van der Waals surface area contributed by atoms with Crippen molar-refractivity contribution in [1.29, 1.82) is 0 Å². The highest BCUT2D eigenvalue weighted by atomic mass is 32.1. The molecule has 3 rings (SSSR count). The number of urea groups is 1. The minimum atomic E-state index is -0.431. The highest BCUT2D eigenvalue weighted by molar-refractivity contribution is 7.10. The van der Waals surface area contributed by atoms with Crippen LogP contribution in [0, 0.1) is 6.92 Å². The van der Waals surface area contributed by atoms with Crippen molar-refractivity contribution in [3.63, 3.8) is 0 Å². The second-order valence-electron chi connectivity index (χ2n) is 5.78. The maximum atomic E-state index is 12.9. The molecular formula is C18H19N3O2S. The number of aryl methyl sites for hydroxylation is 1. The molecule has 2 heterocycles. The van der Waals surface area contributed by atoms with Crippen molar-refractivity contribution in [3.05, 3.63) is 63.5 Å². The first kappa shape index (κ1) is 16.3. The van der Waals surface area contributed by atoms with E-state index in [1.165, 1.54) is 16.2 Å². The van der Waals surface area contributed by atoms with Gasteiger partial charge in [0.25, 0.3) is 5.91 Å². The molecule has 6 heteroatoms. The smallest absolute Gasteiger partial charge is 0.322 e. The van der Waals surface area contributed by atoms with Crippen molar-refractivity contribution in [2.24, 2.45) is 0 Å². The average Bonchev–Trinajstić information content (AvgIpc) is 3.08. The van der Waals surface area contributed by atoms with Gasteiger partial charge in [-0.15, -0.1) is 11.3 Å². The Labute approximate surface area is 145 Å². The number of benzene rings is 1. The lowest BCUT2D eigenvalue weighted by molar-refractivity contribution is -0.113. The Kier molecular flexibility index (Phi) is 4.40. The van der Waals surface area contributed by atoms with Crippen LogP contribution in [0.4, 0.5) is 10.5 Å². The van der Waals surface area contributed by atoms with Gasteiger partial charge in [0, 0.05) is 23.3 Å². The molecule has 1 unspecified atom stereocenters. The Morgan fingerprint density at radius 3 is 2.54 bits per heavy atom. The number of anilines is 1. The fourth-order valence-corrected chi connectivity index (χ4v) is 3.42. The van der Waals surface area contributed by atoms with E-state index in [1.54, 1.807) is 14.0 Å². The maximum Gasteiger partial charge on any atom is 0.322 e. The molecule has 2 N–H and O–H groups in total. The zero-order valence-electron chi connectivity index (χ0n) is 13.8. The first-order chi connectivity index (χ1) is 11.5. The number of carbonyl (C=O) groups is 2. The molecule has 1 aliphatic rings. The molecule has 0 bridgehead atoms. The third kappa shape index (κ3) is 3.05. The number of nitrogens with zero attached hydrogens (tertiary/aromatic N) is 1. The summed E-state index contributed by atoms with van der Waals surface area (Å²) in [5, 5.41) is 7.77. The zero-order chi connectivity index (χ0) is 17.3. The van der Waals surface area contributed by atoms with Crippen LogP contribution in [0.2, 0.25) is 0 Å². The van der Waals surface area contributed by atoms with Crippen LogP contribution in [-0.2, 0) is 4.79 Å². The Morgan fingerprint density at radius 1 is 1.21 bits per heavy atom. The number of carbonyl (C=O) groups excluding carboxylic acids is 2. The minimum Gasteiger partial charge on any atom is -0.326 e. The number of thiophene rings is 1. The van der Waals surface area contributed by atoms with Crippen molar-refractivity contribution in [2.75, 3.05) is 12.4 Å². The molecule has 124 valence electrons. The average molecular weight is 341 g/mol. The van der Waals surface area contributed by atoms with Crippen LogP contribution in [0.25, 0.3) is 0 Å². The number of hydrogen-bond acceptors (Lipinski definition) is 3. The van der Waals surface area contributed by atoms with E-state index in [-0.39, 0.29) is 11.9 Å². The van der Waals surface area contributed by atoms with Gasteiger partial charge in [0.2, 0.25) is 0 Å². The summed E-state index contributed by atoms with van der Waals surface area (Å²) in [6.07, 6.45) is 0. The summed E-state index contributed by atoms with van der Waals surface area (Å²) < 4.78 is 0. The standard InChI is InChI=1S/C18H19N3O2S/c1-11-6-8-13(9-7-11)19-17(22)15-12(2)21(3)18(23)20-16(15)14-5-4-10-24-14/h4-10,16H,1-3H3,(H,19,22)(H,20,23). The number of allylic oxidation sites excluding steroid dienone is 1. The molecule has 1 aromatic heterocycles. The predicted octanol–water partition coefficient (Wildman–Crippen LogP) is 3.67. The summed E-state index contributed by atoms with van der Waals surface area (Å²) in [6, 6.07) is 10.8. The zero-order valence-corrected chi connectivity index (χ0v) is 14.6. The Hall–Kier alpha value is -2.60. The lowest BCUT2D eigenvalue weighted by Gasteiger charge is -2.33. The summed E-state index contributed by atoms with van der Waals surface area (Å²) >= 11 is 1.52. The fraction of sp³-hybridized carbons (Fsp3) is 0.222. The van der Waals surface area contributed by atoms with E-state index < -0.39 is 6.04 Å². The first-order valence-corrected chi connectivity index (χ1v) is 8.51. The number of nitrogens with one attached hydrogen (secondary N) is 2. The van der Waals surface area contributed by atoms with Crippen molar-refractivity contribution in [1.82, 2.24) is 10.2 Å². The van der Waals surface area contributed by atoms with Gasteiger partial charge in [-0.2, -0.15) is 0 Å². The van der Waals surface area contributed by atoms with E-state index in [2.05, 4.69) is 10.6 Å². The molecule has 2 aromatic rings. The van der Waals surface area contributed by atoms with Crippen molar-refractivity contribution in [2.45, 2.75) is 19.9 Å². The van der Waals surface area contributed by atoms with Crippen molar-refractivity contribution >= 4 is 29.0 Å². The van der Waals surface area contributed by atoms with E-state index in [1.807, 2.05) is 48.7 Å². The van der Waals surface area contributed by atoms with Crippen LogP contribution in [0.5, 0.6) is 0 Å². The van der Waals surface area contributed by atoms with E-state index in [9.17, 15) is 9.59 Å². The monoisotopic (exact) mass is 341 g/mol. The summed E-state index contributed by atoms with van der Waals surface area (Å²) in [6.45, 7) is 3.79. The van der Waals surface area contributed by atoms with Gasteiger partial charge in [-0.25, -0.2) is 4.79 Å². The van der Waals surface area contributed by atoms with Gasteiger partial charge in [-0.05, 0) is 37.4 Å². The Balaban J connectivity index is 1.95. The second-order valence-corrected chi connectivity index (χ2v) is 6.76. The molecule has 3 amide bonds. The molecule has 0 saturated carbocycles. The van der Waals surface area contributed by atoms with Crippen molar-refractivity contribution < 1.29 is 9.59 Å². The van der Waals surface area contributed by atoms with E-state index in [0.29, 0.717) is 11.3 Å². The summed E-state index contributed by atoms with van der Waals surface area (Å²) in [4.78, 5) is 27.4. The lowest BCUT2D eigenvalue weighted by Crippen LogP contribution is -2.46. The SMILES string of the molecule is CC1=C(C(=O)Nc2ccc(C)cc2)C(c2cccs2)NC(=O)N1C. The van der Waals surface area contributed by atoms with Gasteiger partial charge in [0.15, 0.2) is 0 Å². The van der Waals surface area contributed by atoms with Crippen LogP contribution < -0.4 is 10.6 Å². The molecule has 0 spiro atoms. The molecule has 0 radical (unpaired) electrons. The fourth-order valence-electron chi connectivity index (χ4n) is 2.63. The van der Waals surface area contributed by atoms with Gasteiger partial charge in [-0.3, -0.25) is 4.79 Å². The minimum absolute atomic E-state index is 0.207. The Bertz CT molecular complexity index is 794. The number of hydrogen-bond donors (Lipinski definition) is 2. The Morgan fingerprint density at radius 2 is 1.92 bits per heavy atom. The largest absolute Gasteiger partial charge is 0.326 e. The van der Waals surface area contributed by atoms with Crippen LogP contribution in [-0.4, -0.2) is 23.9 Å². The van der Waals surface area contributed by atoms with E-state index >= 15 is 0 Å². The van der Waals surface area contributed by atoms with Gasteiger partial charge < -0.3 is 15.5 Å². The van der Waals surface area contributed by atoms with Gasteiger partial charge in [-0.1, -0.05) is 23.8 Å². The highest BCUT2D eigenvalue weighted by Crippen LogP contribution is 2.32. The quantitative estimate of drug-likeness (QED) is 0.895. The number of rotatable bonds is 3. The second kappa shape index (κ2) is 6.49. The van der Waals surface area contributed by atoms with Crippen LogP contribution >= 0.6 is 11.3 Å². The van der Waals surface area contributed by atoms with Crippen LogP contribution in [0.15, 0.2) is 53.0 Å². The van der Waals surface area contributed by atoms with Crippen molar-refractivity contribution in [3.8, 4) is 0 Å². The maximum absolute atomic E-state index is 12.9. The summed E-state index contributed by atoms with van der Waals surface area (Å²) in [7, 11) is 1.66. The molecule has 1 atom stereocenters. The molecule has 0 fully saturated rings. The topological polar surface area (TPSA) is 61.4 Å². The highest BCUT2D eigenvalue weighted by Gasteiger charge is 2.34. The van der Waals surface area contributed by atoms with Gasteiger partial charge >= 0.3 is 6.03 Å². The van der Waals surface area contributed by atoms with Gasteiger partial charge in [0.1, 0.15) is 0 Å². The molecule has 1 aromatic carbocycles. The third-order valence-corrected chi connectivity index (χ3v) is 5.07. The van der Waals surface area contributed by atoms with Crippen LogP contribution in [0.3, 0.4) is 0 Å². The lowest BCUT2D eigenvalue weighted by atomic mass is 9.99. The first-order valence-electron chi connectivity index (χ1n) is 7.64. The molecular weight excluding hydrogens is 322 g/mol. The van der Waals surface area contributed by atoms with Gasteiger partial charge in [0.05, 0.1) is 11.6 Å². The normalized spacial score (nSPS) is 17.7. The van der Waals surface area contributed by atoms with E-state index in [0.717, 1.165) is 16.1 Å². The van der Waals surface area contributed by atoms with E-state index in [4.69, 9.17) is 0 Å². The molecule has 0 saturated heterocycles. The number of amides is 3. The summed E-state index contributed by atoms with van der Waals surface area (Å²) in [5.74, 6) is -0.207. The predicted molar refractivity (Wildman–Crippen MR) is 95.9 cm³/mol. The molecule has 0 aliphatic carbocycles. The van der Waals surface area contributed by atoms with Crippen LogP contribution in [0.1, 0.15) is 23.4 Å². The third-order valence-electron chi connectivity index (χ3n) is 4.14.